The summed E-state index contributed by atoms with van der Waals surface area (Å²) in [6.45, 7) is 3.73. The van der Waals surface area contributed by atoms with Crippen molar-refractivity contribution in [1.29, 1.82) is 0 Å². The predicted octanol–water partition coefficient (Wildman–Crippen LogP) is 3.63. The topological polar surface area (TPSA) is 59.6 Å². The van der Waals surface area contributed by atoms with Crippen LogP contribution in [0.2, 0.25) is 0 Å². The van der Waals surface area contributed by atoms with E-state index in [2.05, 4.69) is 40.8 Å². The van der Waals surface area contributed by atoms with E-state index in [0.717, 1.165) is 35.9 Å². The highest BCUT2D eigenvalue weighted by atomic mass is 32.2. The van der Waals surface area contributed by atoms with Gasteiger partial charge in [0.25, 0.3) is 0 Å². The van der Waals surface area contributed by atoms with Gasteiger partial charge in [-0.3, -0.25) is 4.99 Å². The molecule has 1 unspecified atom stereocenters. The second-order valence-electron chi connectivity index (χ2n) is 5.55. The van der Waals surface area contributed by atoms with Crippen molar-refractivity contribution >= 4 is 29.1 Å². The van der Waals surface area contributed by atoms with Crippen molar-refractivity contribution < 1.29 is 4.74 Å². The van der Waals surface area contributed by atoms with Crippen LogP contribution < -0.4 is 15.8 Å². The number of benzene rings is 1. The highest BCUT2D eigenvalue weighted by molar-refractivity contribution is 7.99. The molecule has 1 aromatic carbocycles. The third-order valence-electron chi connectivity index (χ3n) is 3.42. The largest absolute Gasteiger partial charge is 0.496 e. The maximum atomic E-state index is 5.93. The number of methoxy groups -OCH3 is 1. The number of hydrogen-bond acceptors (Lipinski definition) is 4. The fourth-order valence-corrected chi connectivity index (χ4v) is 3.85. The number of aliphatic imine (C=N–C) groups is 1. The van der Waals surface area contributed by atoms with E-state index in [4.69, 9.17) is 10.5 Å². The molecule has 1 aromatic heterocycles. The lowest BCUT2D eigenvalue weighted by molar-refractivity contribution is 0.405. The number of nitrogens with one attached hydrogen (secondary N) is 1. The summed E-state index contributed by atoms with van der Waals surface area (Å²) in [5.41, 5.74) is 5.93. The first-order chi connectivity index (χ1) is 11.7. The van der Waals surface area contributed by atoms with E-state index < -0.39 is 0 Å². The van der Waals surface area contributed by atoms with Crippen LogP contribution in [0.4, 0.5) is 0 Å². The van der Waals surface area contributed by atoms with Gasteiger partial charge in [0, 0.05) is 28.6 Å². The number of para-hydroxylation sites is 1. The lowest BCUT2D eigenvalue weighted by atomic mass is 10.2. The van der Waals surface area contributed by atoms with Gasteiger partial charge < -0.3 is 15.8 Å². The van der Waals surface area contributed by atoms with Crippen LogP contribution in [0.25, 0.3) is 0 Å². The summed E-state index contributed by atoms with van der Waals surface area (Å²) < 4.78 is 5.37. The van der Waals surface area contributed by atoms with E-state index in [-0.39, 0.29) is 0 Å². The maximum absolute atomic E-state index is 5.93. The van der Waals surface area contributed by atoms with Crippen molar-refractivity contribution in [3.8, 4) is 5.75 Å². The molecule has 3 N–H and O–H groups in total. The van der Waals surface area contributed by atoms with Gasteiger partial charge in [-0.2, -0.15) is 0 Å². The van der Waals surface area contributed by atoms with Crippen molar-refractivity contribution in [2.24, 2.45) is 16.6 Å². The van der Waals surface area contributed by atoms with Gasteiger partial charge in [0.15, 0.2) is 5.96 Å². The summed E-state index contributed by atoms with van der Waals surface area (Å²) in [6.07, 6.45) is 0.979. The van der Waals surface area contributed by atoms with Crippen LogP contribution in [0.1, 0.15) is 11.8 Å². The Hall–Kier alpha value is -1.66. The fraction of sp³-hybridized carbons (Fsp3) is 0.389. The molecule has 1 atom stereocenters. The van der Waals surface area contributed by atoms with Gasteiger partial charge >= 0.3 is 0 Å². The molecular weight excluding hydrogens is 338 g/mol. The molecule has 0 spiro atoms. The Kier molecular flexibility index (Phi) is 7.98. The number of rotatable bonds is 9. The average Bonchev–Trinajstić information content (AvgIpc) is 3.11. The predicted molar refractivity (Wildman–Crippen MR) is 105 cm³/mol. The Bertz CT molecular complexity index is 629. The smallest absolute Gasteiger partial charge is 0.188 e. The normalized spacial score (nSPS) is 12.8. The summed E-state index contributed by atoms with van der Waals surface area (Å²) in [5, 5.41) is 5.27. The van der Waals surface area contributed by atoms with Crippen LogP contribution in [-0.4, -0.2) is 31.9 Å². The molecule has 1 heterocycles. The summed E-state index contributed by atoms with van der Waals surface area (Å²) in [7, 11) is 1.70. The number of nitrogens with two attached hydrogens (primary N) is 1. The zero-order chi connectivity index (χ0) is 17.2. The van der Waals surface area contributed by atoms with Crippen molar-refractivity contribution in [3.63, 3.8) is 0 Å². The van der Waals surface area contributed by atoms with Crippen LogP contribution in [0.5, 0.6) is 5.75 Å². The van der Waals surface area contributed by atoms with E-state index in [1.165, 1.54) is 4.88 Å². The summed E-state index contributed by atoms with van der Waals surface area (Å²) in [6, 6.07) is 12.3. The zero-order valence-electron chi connectivity index (χ0n) is 14.2. The first kappa shape index (κ1) is 18.7. The minimum atomic E-state index is 0.442. The minimum Gasteiger partial charge on any atom is -0.496 e. The monoisotopic (exact) mass is 363 g/mol. The third kappa shape index (κ3) is 6.45. The first-order valence-electron chi connectivity index (χ1n) is 8.01. The van der Waals surface area contributed by atoms with E-state index >= 15 is 0 Å². The molecule has 0 amide bonds. The van der Waals surface area contributed by atoms with Crippen LogP contribution in [0, 0.1) is 5.92 Å². The molecule has 130 valence electrons. The van der Waals surface area contributed by atoms with Crippen LogP contribution in [0.15, 0.2) is 51.7 Å². The van der Waals surface area contributed by atoms with E-state index in [0.29, 0.717) is 11.9 Å². The number of hydrogen-bond donors (Lipinski definition) is 2. The Morgan fingerprint density at radius 2 is 2.17 bits per heavy atom. The highest BCUT2D eigenvalue weighted by Gasteiger charge is 2.06. The van der Waals surface area contributed by atoms with Gasteiger partial charge in [0.2, 0.25) is 0 Å². The fourth-order valence-electron chi connectivity index (χ4n) is 2.10. The van der Waals surface area contributed by atoms with Gasteiger partial charge in [0.05, 0.1) is 7.11 Å². The molecule has 24 heavy (non-hydrogen) atoms. The summed E-state index contributed by atoms with van der Waals surface area (Å²) in [5.74, 6) is 2.87. The number of guanidine groups is 1. The van der Waals surface area contributed by atoms with Gasteiger partial charge in [0.1, 0.15) is 5.75 Å². The summed E-state index contributed by atoms with van der Waals surface area (Å²) in [4.78, 5) is 6.96. The van der Waals surface area contributed by atoms with Gasteiger partial charge in [-0.15, -0.1) is 23.1 Å². The van der Waals surface area contributed by atoms with Crippen molar-refractivity contribution in [1.82, 2.24) is 5.32 Å². The molecule has 6 heteroatoms. The minimum absolute atomic E-state index is 0.442. The number of ether oxygens (including phenoxy) is 1. The average molecular weight is 364 g/mol. The maximum Gasteiger partial charge on any atom is 0.188 e. The Balaban J connectivity index is 1.68. The van der Waals surface area contributed by atoms with Crippen molar-refractivity contribution in [2.45, 2.75) is 18.2 Å². The number of thiophene rings is 1. The van der Waals surface area contributed by atoms with E-state index in [1.807, 2.05) is 18.2 Å². The Morgan fingerprint density at radius 3 is 2.92 bits per heavy atom. The van der Waals surface area contributed by atoms with Crippen molar-refractivity contribution in [2.75, 3.05) is 26.0 Å². The first-order valence-corrected chi connectivity index (χ1v) is 9.87. The summed E-state index contributed by atoms with van der Waals surface area (Å²) >= 11 is 3.56. The molecule has 0 aliphatic rings. The molecule has 0 saturated heterocycles. The standard InChI is InChI=1S/C18H25N3OS2/c1-14(13-24-17-8-4-3-7-16(17)22-2)12-21-18(19)20-10-9-15-6-5-11-23-15/h3-8,11,14H,9-10,12-13H2,1-2H3,(H3,19,20,21). The molecule has 2 rings (SSSR count). The molecule has 2 aromatic rings. The van der Waals surface area contributed by atoms with Crippen LogP contribution in [0.3, 0.4) is 0 Å². The van der Waals surface area contributed by atoms with Gasteiger partial charge in [-0.25, -0.2) is 0 Å². The van der Waals surface area contributed by atoms with Crippen molar-refractivity contribution in [3.05, 3.63) is 46.7 Å². The molecule has 0 saturated carbocycles. The van der Waals surface area contributed by atoms with E-state index in [9.17, 15) is 0 Å². The van der Waals surface area contributed by atoms with E-state index in [1.54, 1.807) is 30.2 Å². The van der Waals surface area contributed by atoms with Crippen LogP contribution in [-0.2, 0) is 6.42 Å². The zero-order valence-corrected chi connectivity index (χ0v) is 15.8. The number of thioether (sulfide) groups is 1. The Labute approximate surface area is 152 Å². The molecule has 0 radical (unpaired) electrons. The third-order valence-corrected chi connectivity index (χ3v) is 5.74. The molecule has 0 aliphatic heterocycles. The molecule has 0 bridgehead atoms. The molecular formula is C18H25N3OS2. The SMILES string of the molecule is COc1ccccc1SCC(C)CN=C(N)NCCc1cccs1. The second kappa shape index (κ2) is 10.3. The van der Waals surface area contributed by atoms with Gasteiger partial charge in [-0.05, 0) is 35.9 Å². The lowest BCUT2D eigenvalue weighted by Gasteiger charge is -2.11. The highest BCUT2D eigenvalue weighted by Crippen LogP contribution is 2.29. The van der Waals surface area contributed by atoms with Gasteiger partial charge in [-0.1, -0.05) is 25.1 Å². The molecule has 0 aliphatic carbocycles. The quantitative estimate of drug-likeness (QED) is 0.406. The lowest BCUT2D eigenvalue weighted by Crippen LogP contribution is -2.33. The van der Waals surface area contributed by atoms with Crippen LogP contribution >= 0.6 is 23.1 Å². The number of nitrogens with zero attached hydrogens (tertiary/aromatic N) is 1. The Morgan fingerprint density at radius 1 is 1.33 bits per heavy atom. The molecule has 4 nitrogen and oxygen atoms in total. The molecule has 0 fully saturated rings. The second-order valence-corrected chi connectivity index (χ2v) is 7.64.